The maximum Gasteiger partial charge on any atom is 0.164 e. The summed E-state index contributed by atoms with van der Waals surface area (Å²) in [6, 6.07) is 16.6. The van der Waals surface area contributed by atoms with Crippen molar-refractivity contribution in [2.45, 2.75) is 32.6 Å². The zero-order valence-electron chi connectivity index (χ0n) is 13.4. The molecule has 2 heteroatoms. The molecule has 0 aromatic heterocycles. The lowest BCUT2D eigenvalue weighted by Gasteiger charge is -2.18. The Morgan fingerprint density at radius 3 is 2.55 bits per heavy atom. The normalized spacial score (nSPS) is 13.5. The van der Waals surface area contributed by atoms with E-state index in [1.807, 2.05) is 12.1 Å². The third-order valence-corrected chi connectivity index (χ3v) is 4.49. The summed E-state index contributed by atoms with van der Waals surface area (Å²) >= 11 is 0. The van der Waals surface area contributed by atoms with Gasteiger partial charge in [0.2, 0.25) is 0 Å². The number of benzene rings is 2. The summed E-state index contributed by atoms with van der Waals surface area (Å²) < 4.78 is 0. The Bertz CT molecular complexity index is 658. The van der Waals surface area contributed by atoms with Gasteiger partial charge >= 0.3 is 0 Å². The van der Waals surface area contributed by atoms with Crippen molar-refractivity contribution >= 4 is 11.5 Å². The third kappa shape index (κ3) is 3.06. The highest BCUT2D eigenvalue weighted by molar-refractivity contribution is 5.96. The second-order valence-corrected chi connectivity index (χ2v) is 6.32. The lowest BCUT2D eigenvalue weighted by atomic mass is 10.00. The van der Waals surface area contributed by atoms with E-state index >= 15 is 0 Å². The standard InChI is InChI=1S/C20H23NO/c1-15(2)16-7-9-18(10-8-16)20(22)12-14-21-13-11-17-5-3-4-6-19(17)21/h3-10,15H,11-14H2,1-2H3. The van der Waals surface area contributed by atoms with Crippen LogP contribution in [0.5, 0.6) is 0 Å². The van der Waals surface area contributed by atoms with Gasteiger partial charge in [0.1, 0.15) is 0 Å². The Labute approximate surface area is 132 Å². The van der Waals surface area contributed by atoms with Crippen LogP contribution in [0.1, 0.15) is 47.7 Å². The number of carbonyl (C=O) groups is 1. The average Bonchev–Trinajstić information content (AvgIpc) is 2.96. The first-order valence-corrected chi connectivity index (χ1v) is 8.11. The highest BCUT2D eigenvalue weighted by Crippen LogP contribution is 2.27. The number of Topliss-reactive ketones (excluding diaryl/α,β-unsaturated/α-hetero) is 1. The number of anilines is 1. The first kappa shape index (κ1) is 14.8. The van der Waals surface area contributed by atoms with E-state index in [1.54, 1.807) is 0 Å². The molecule has 2 nitrogen and oxygen atoms in total. The molecule has 0 saturated heterocycles. The molecule has 114 valence electrons. The molecular weight excluding hydrogens is 270 g/mol. The van der Waals surface area contributed by atoms with Crippen LogP contribution in [0.2, 0.25) is 0 Å². The van der Waals surface area contributed by atoms with E-state index in [2.05, 4.69) is 55.1 Å². The van der Waals surface area contributed by atoms with Crippen molar-refractivity contribution in [2.75, 3.05) is 18.0 Å². The van der Waals surface area contributed by atoms with E-state index in [0.29, 0.717) is 12.3 Å². The summed E-state index contributed by atoms with van der Waals surface area (Å²) in [7, 11) is 0. The van der Waals surface area contributed by atoms with Crippen molar-refractivity contribution in [1.29, 1.82) is 0 Å². The number of nitrogens with zero attached hydrogens (tertiary/aromatic N) is 1. The summed E-state index contributed by atoms with van der Waals surface area (Å²) in [6.45, 7) is 6.17. The zero-order chi connectivity index (χ0) is 15.5. The predicted molar refractivity (Wildman–Crippen MR) is 91.8 cm³/mol. The number of fused-ring (bicyclic) bond motifs is 1. The molecule has 1 heterocycles. The molecule has 0 N–H and O–H groups in total. The van der Waals surface area contributed by atoms with Gasteiger partial charge in [-0.3, -0.25) is 4.79 Å². The van der Waals surface area contributed by atoms with Crippen LogP contribution >= 0.6 is 0 Å². The molecule has 3 rings (SSSR count). The smallest absolute Gasteiger partial charge is 0.164 e. The van der Waals surface area contributed by atoms with E-state index in [4.69, 9.17) is 0 Å². The van der Waals surface area contributed by atoms with Crippen LogP contribution in [0.15, 0.2) is 48.5 Å². The topological polar surface area (TPSA) is 20.3 Å². The SMILES string of the molecule is CC(C)c1ccc(C(=O)CCN2CCc3ccccc32)cc1. The number of para-hydroxylation sites is 1. The van der Waals surface area contributed by atoms with Crippen LogP contribution in [0.3, 0.4) is 0 Å². The fraction of sp³-hybridized carbons (Fsp3) is 0.350. The van der Waals surface area contributed by atoms with Crippen molar-refractivity contribution in [3.8, 4) is 0 Å². The summed E-state index contributed by atoms with van der Waals surface area (Å²) in [5.41, 5.74) is 4.81. The fourth-order valence-electron chi connectivity index (χ4n) is 3.07. The van der Waals surface area contributed by atoms with Crippen LogP contribution in [-0.4, -0.2) is 18.9 Å². The number of hydrogen-bond donors (Lipinski definition) is 0. The van der Waals surface area contributed by atoms with Crippen molar-refractivity contribution < 1.29 is 4.79 Å². The Morgan fingerprint density at radius 2 is 1.82 bits per heavy atom. The molecule has 0 amide bonds. The number of hydrogen-bond acceptors (Lipinski definition) is 2. The molecule has 2 aromatic rings. The summed E-state index contributed by atoms with van der Waals surface area (Å²) in [4.78, 5) is 14.7. The number of carbonyl (C=O) groups excluding carboxylic acids is 1. The molecule has 22 heavy (non-hydrogen) atoms. The third-order valence-electron chi connectivity index (χ3n) is 4.49. The number of ketones is 1. The van der Waals surface area contributed by atoms with Crippen LogP contribution < -0.4 is 4.90 Å². The molecule has 0 unspecified atom stereocenters. The molecule has 0 bridgehead atoms. The van der Waals surface area contributed by atoms with Crippen LogP contribution in [0, 0.1) is 0 Å². The molecule has 0 aliphatic carbocycles. The first-order valence-electron chi connectivity index (χ1n) is 8.11. The molecule has 0 fully saturated rings. The Hall–Kier alpha value is -2.09. The van der Waals surface area contributed by atoms with Gasteiger partial charge in [0.05, 0.1) is 0 Å². The summed E-state index contributed by atoms with van der Waals surface area (Å²) in [5.74, 6) is 0.741. The maximum atomic E-state index is 12.4. The van der Waals surface area contributed by atoms with Gasteiger partial charge in [-0.2, -0.15) is 0 Å². The van der Waals surface area contributed by atoms with E-state index in [9.17, 15) is 4.79 Å². The molecule has 1 aliphatic rings. The Morgan fingerprint density at radius 1 is 1.09 bits per heavy atom. The van der Waals surface area contributed by atoms with Gasteiger partial charge in [-0.15, -0.1) is 0 Å². The summed E-state index contributed by atoms with van der Waals surface area (Å²) in [6.07, 6.45) is 1.67. The molecule has 1 aliphatic heterocycles. The van der Waals surface area contributed by atoms with Gasteiger partial charge in [-0.25, -0.2) is 0 Å². The molecular formula is C20H23NO. The highest BCUT2D eigenvalue weighted by Gasteiger charge is 2.19. The van der Waals surface area contributed by atoms with Gasteiger partial charge in [-0.1, -0.05) is 56.3 Å². The van der Waals surface area contributed by atoms with Crippen LogP contribution in [0.4, 0.5) is 5.69 Å². The van der Waals surface area contributed by atoms with E-state index in [-0.39, 0.29) is 5.78 Å². The first-order chi connectivity index (χ1) is 10.6. The fourth-order valence-corrected chi connectivity index (χ4v) is 3.07. The van der Waals surface area contributed by atoms with Crippen molar-refractivity contribution in [3.05, 3.63) is 65.2 Å². The van der Waals surface area contributed by atoms with E-state index < -0.39 is 0 Å². The molecule has 0 saturated carbocycles. The lowest BCUT2D eigenvalue weighted by molar-refractivity contribution is 0.0984. The minimum absolute atomic E-state index is 0.236. The molecule has 0 spiro atoms. The minimum Gasteiger partial charge on any atom is -0.371 e. The zero-order valence-corrected chi connectivity index (χ0v) is 13.4. The summed E-state index contributed by atoms with van der Waals surface area (Å²) in [5, 5.41) is 0. The van der Waals surface area contributed by atoms with Gasteiger partial charge in [0, 0.05) is 30.8 Å². The molecule has 0 atom stereocenters. The average molecular weight is 293 g/mol. The Kier molecular flexibility index (Phi) is 4.28. The second-order valence-electron chi connectivity index (χ2n) is 6.32. The van der Waals surface area contributed by atoms with Crippen molar-refractivity contribution in [3.63, 3.8) is 0 Å². The van der Waals surface area contributed by atoms with Crippen LogP contribution in [0.25, 0.3) is 0 Å². The van der Waals surface area contributed by atoms with Crippen molar-refractivity contribution in [1.82, 2.24) is 0 Å². The van der Waals surface area contributed by atoms with Crippen LogP contribution in [-0.2, 0) is 6.42 Å². The predicted octanol–water partition coefficient (Wildman–Crippen LogP) is 4.45. The minimum atomic E-state index is 0.236. The monoisotopic (exact) mass is 293 g/mol. The van der Waals surface area contributed by atoms with Gasteiger partial charge in [0.25, 0.3) is 0 Å². The quantitative estimate of drug-likeness (QED) is 0.759. The van der Waals surface area contributed by atoms with E-state index in [0.717, 1.165) is 25.1 Å². The lowest BCUT2D eigenvalue weighted by Crippen LogP contribution is -2.23. The van der Waals surface area contributed by atoms with Gasteiger partial charge in [0.15, 0.2) is 5.78 Å². The second kappa shape index (κ2) is 6.35. The van der Waals surface area contributed by atoms with Crippen molar-refractivity contribution in [2.24, 2.45) is 0 Å². The van der Waals surface area contributed by atoms with Gasteiger partial charge < -0.3 is 4.90 Å². The van der Waals surface area contributed by atoms with E-state index in [1.165, 1.54) is 16.8 Å². The maximum absolute atomic E-state index is 12.4. The largest absolute Gasteiger partial charge is 0.371 e. The Balaban J connectivity index is 1.61. The molecule has 0 radical (unpaired) electrons. The highest BCUT2D eigenvalue weighted by atomic mass is 16.1. The molecule has 2 aromatic carbocycles. The number of rotatable bonds is 5. The van der Waals surface area contributed by atoms with Gasteiger partial charge in [-0.05, 0) is 29.5 Å².